The van der Waals surface area contributed by atoms with Crippen molar-refractivity contribution in [1.82, 2.24) is 5.32 Å². The summed E-state index contributed by atoms with van der Waals surface area (Å²) >= 11 is 0. The third kappa shape index (κ3) is 7.21. The van der Waals surface area contributed by atoms with Crippen LogP contribution in [0.5, 0.6) is 0 Å². The van der Waals surface area contributed by atoms with Gasteiger partial charge in [-0.15, -0.1) is 0 Å². The first-order valence-corrected chi connectivity index (χ1v) is 6.44. The summed E-state index contributed by atoms with van der Waals surface area (Å²) < 4.78 is 41.9. The summed E-state index contributed by atoms with van der Waals surface area (Å²) in [7, 11) is 1.62. The fourth-order valence-electron chi connectivity index (χ4n) is 2.27. The molecule has 0 bridgehead atoms. The second-order valence-electron chi connectivity index (χ2n) is 5.69. The fourth-order valence-corrected chi connectivity index (χ4v) is 2.27. The Bertz CT molecular complexity index is 223. The number of alkyl halides is 3. The SMILES string of the molecule is CCNC(CCCC(F)(F)F)C(OC)C(C)(C)C. The van der Waals surface area contributed by atoms with Crippen molar-refractivity contribution in [2.45, 2.75) is 65.3 Å². The second-order valence-corrected chi connectivity index (χ2v) is 5.69. The van der Waals surface area contributed by atoms with Crippen molar-refractivity contribution in [2.75, 3.05) is 13.7 Å². The smallest absolute Gasteiger partial charge is 0.379 e. The Kier molecular flexibility index (Phi) is 7.22. The second kappa shape index (κ2) is 7.34. The van der Waals surface area contributed by atoms with Crippen LogP contribution < -0.4 is 5.32 Å². The third-order valence-corrected chi connectivity index (χ3v) is 2.91. The van der Waals surface area contributed by atoms with Crippen LogP contribution in [0.4, 0.5) is 13.2 Å². The molecule has 110 valence electrons. The van der Waals surface area contributed by atoms with E-state index in [0.29, 0.717) is 6.42 Å². The Labute approximate surface area is 108 Å². The van der Waals surface area contributed by atoms with Gasteiger partial charge in [0.1, 0.15) is 0 Å². The maximum atomic E-state index is 12.2. The molecule has 0 aromatic carbocycles. The zero-order chi connectivity index (χ0) is 14.4. The number of likely N-dealkylation sites (N-methyl/N-ethyl adjacent to an activating group) is 1. The molecule has 0 fully saturated rings. The molecular formula is C13H26F3NO. The summed E-state index contributed by atoms with van der Waals surface area (Å²) in [5, 5.41) is 3.23. The lowest BCUT2D eigenvalue weighted by Gasteiger charge is -2.36. The molecule has 0 amide bonds. The lowest BCUT2D eigenvalue weighted by atomic mass is 9.82. The van der Waals surface area contributed by atoms with Gasteiger partial charge in [0, 0.05) is 19.6 Å². The Balaban J connectivity index is 4.45. The minimum Gasteiger partial charge on any atom is -0.379 e. The molecule has 0 radical (unpaired) electrons. The van der Waals surface area contributed by atoms with Gasteiger partial charge < -0.3 is 10.1 Å². The van der Waals surface area contributed by atoms with Gasteiger partial charge >= 0.3 is 6.18 Å². The van der Waals surface area contributed by atoms with E-state index in [0.717, 1.165) is 6.54 Å². The van der Waals surface area contributed by atoms with Gasteiger partial charge in [0.25, 0.3) is 0 Å². The number of ether oxygens (including phenoxy) is 1. The van der Waals surface area contributed by atoms with Crippen LogP contribution in [0.25, 0.3) is 0 Å². The molecule has 0 aromatic heterocycles. The highest BCUT2D eigenvalue weighted by Crippen LogP contribution is 2.28. The molecule has 0 aliphatic carbocycles. The van der Waals surface area contributed by atoms with Crippen molar-refractivity contribution in [1.29, 1.82) is 0 Å². The molecule has 2 unspecified atom stereocenters. The maximum absolute atomic E-state index is 12.2. The van der Waals surface area contributed by atoms with E-state index in [1.165, 1.54) is 0 Å². The topological polar surface area (TPSA) is 21.3 Å². The van der Waals surface area contributed by atoms with Crippen molar-refractivity contribution in [3.8, 4) is 0 Å². The van der Waals surface area contributed by atoms with Crippen LogP contribution in [-0.2, 0) is 4.74 Å². The number of halogens is 3. The Morgan fingerprint density at radius 2 is 1.72 bits per heavy atom. The Hall–Kier alpha value is -0.290. The minimum atomic E-state index is -4.07. The lowest BCUT2D eigenvalue weighted by Crippen LogP contribution is -2.47. The molecule has 1 N–H and O–H groups in total. The fraction of sp³-hybridized carbons (Fsp3) is 1.00. The van der Waals surface area contributed by atoms with E-state index in [1.807, 2.05) is 27.7 Å². The molecule has 0 spiro atoms. The van der Waals surface area contributed by atoms with E-state index >= 15 is 0 Å². The zero-order valence-corrected chi connectivity index (χ0v) is 12.0. The first kappa shape index (κ1) is 17.7. The predicted molar refractivity (Wildman–Crippen MR) is 67.6 cm³/mol. The molecule has 2 atom stereocenters. The molecule has 0 saturated heterocycles. The van der Waals surface area contributed by atoms with E-state index in [2.05, 4.69) is 5.32 Å². The van der Waals surface area contributed by atoms with Crippen molar-refractivity contribution in [3.05, 3.63) is 0 Å². The monoisotopic (exact) mass is 269 g/mol. The van der Waals surface area contributed by atoms with Gasteiger partial charge in [0.05, 0.1) is 6.10 Å². The van der Waals surface area contributed by atoms with Crippen LogP contribution in [0.2, 0.25) is 0 Å². The molecule has 0 aromatic rings. The van der Waals surface area contributed by atoms with Gasteiger partial charge in [-0.25, -0.2) is 0 Å². The highest BCUT2D eigenvalue weighted by Gasteiger charge is 2.33. The van der Waals surface area contributed by atoms with E-state index < -0.39 is 12.6 Å². The number of hydrogen-bond donors (Lipinski definition) is 1. The van der Waals surface area contributed by atoms with Gasteiger partial charge in [0.15, 0.2) is 0 Å². The molecular weight excluding hydrogens is 243 g/mol. The highest BCUT2D eigenvalue weighted by atomic mass is 19.4. The molecule has 0 rings (SSSR count). The van der Waals surface area contributed by atoms with E-state index in [1.54, 1.807) is 7.11 Å². The summed E-state index contributed by atoms with van der Waals surface area (Å²) in [6.45, 7) is 8.79. The first-order valence-electron chi connectivity index (χ1n) is 6.44. The summed E-state index contributed by atoms with van der Waals surface area (Å²) in [4.78, 5) is 0. The highest BCUT2D eigenvalue weighted by molar-refractivity contribution is 4.86. The predicted octanol–water partition coefficient (Wildman–Crippen LogP) is 3.76. The molecule has 0 saturated carbocycles. The Morgan fingerprint density at radius 1 is 1.17 bits per heavy atom. The van der Waals surface area contributed by atoms with Gasteiger partial charge in [-0.1, -0.05) is 27.7 Å². The van der Waals surface area contributed by atoms with Gasteiger partial charge in [-0.2, -0.15) is 13.2 Å². The molecule has 0 aliphatic heterocycles. The number of nitrogens with one attached hydrogen (secondary N) is 1. The van der Waals surface area contributed by atoms with E-state index in [9.17, 15) is 13.2 Å². The number of methoxy groups -OCH3 is 1. The number of rotatable bonds is 7. The van der Waals surface area contributed by atoms with E-state index in [-0.39, 0.29) is 24.0 Å². The summed E-state index contributed by atoms with van der Waals surface area (Å²) in [6, 6.07) is -0.0395. The van der Waals surface area contributed by atoms with Crippen LogP contribution in [0.3, 0.4) is 0 Å². The zero-order valence-electron chi connectivity index (χ0n) is 12.0. The van der Waals surface area contributed by atoms with Crippen LogP contribution in [0.15, 0.2) is 0 Å². The van der Waals surface area contributed by atoms with Crippen molar-refractivity contribution in [2.24, 2.45) is 5.41 Å². The first-order chi connectivity index (χ1) is 8.11. The normalized spacial score (nSPS) is 16.7. The van der Waals surface area contributed by atoms with Gasteiger partial charge in [-0.05, 0) is 24.8 Å². The van der Waals surface area contributed by atoms with Gasteiger partial charge in [0.2, 0.25) is 0 Å². The van der Waals surface area contributed by atoms with Crippen molar-refractivity contribution in [3.63, 3.8) is 0 Å². The van der Waals surface area contributed by atoms with Crippen LogP contribution in [0.1, 0.15) is 47.0 Å². The third-order valence-electron chi connectivity index (χ3n) is 2.91. The van der Waals surface area contributed by atoms with Crippen molar-refractivity contribution < 1.29 is 17.9 Å². The van der Waals surface area contributed by atoms with Crippen LogP contribution in [0, 0.1) is 5.41 Å². The quantitative estimate of drug-likeness (QED) is 0.760. The molecule has 2 nitrogen and oxygen atoms in total. The average molecular weight is 269 g/mol. The van der Waals surface area contributed by atoms with Gasteiger partial charge in [-0.3, -0.25) is 0 Å². The maximum Gasteiger partial charge on any atom is 0.389 e. The van der Waals surface area contributed by atoms with E-state index in [4.69, 9.17) is 4.74 Å². The standard InChI is InChI=1S/C13H26F3NO/c1-6-17-10(8-7-9-13(14,15)16)11(18-5)12(2,3)4/h10-11,17H,6-9H2,1-5H3. The summed E-state index contributed by atoms with van der Waals surface area (Å²) in [5.41, 5.74) is -0.0974. The summed E-state index contributed by atoms with van der Waals surface area (Å²) in [5.74, 6) is 0. The van der Waals surface area contributed by atoms with Crippen molar-refractivity contribution >= 4 is 0 Å². The summed E-state index contributed by atoms with van der Waals surface area (Å²) in [6.07, 6.45) is -4.28. The molecule has 0 aliphatic rings. The molecule has 18 heavy (non-hydrogen) atoms. The lowest BCUT2D eigenvalue weighted by molar-refractivity contribution is -0.136. The average Bonchev–Trinajstić information content (AvgIpc) is 2.14. The number of hydrogen-bond acceptors (Lipinski definition) is 2. The molecule has 5 heteroatoms. The van der Waals surface area contributed by atoms with Crippen LogP contribution in [-0.4, -0.2) is 32.0 Å². The molecule has 0 heterocycles. The minimum absolute atomic E-state index is 0.0395. The largest absolute Gasteiger partial charge is 0.389 e. The van der Waals surface area contributed by atoms with Crippen LogP contribution >= 0.6 is 0 Å². The Morgan fingerprint density at radius 3 is 2.06 bits per heavy atom.